The van der Waals surface area contributed by atoms with Gasteiger partial charge in [0.15, 0.2) is 11.3 Å². The molecule has 0 aliphatic heterocycles. The number of hydrogen-bond acceptors (Lipinski definition) is 6. The minimum absolute atomic E-state index is 0.00540. The number of hydrogen-bond donors (Lipinski definition) is 1. The number of fused-ring (bicyclic) bond motifs is 2. The van der Waals surface area contributed by atoms with Crippen LogP contribution in [0.4, 0.5) is 0 Å². The van der Waals surface area contributed by atoms with E-state index < -0.39 is 5.63 Å². The van der Waals surface area contributed by atoms with Gasteiger partial charge in [-0.25, -0.2) is 4.79 Å². The third-order valence-corrected chi connectivity index (χ3v) is 8.14. The smallest absolute Gasteiger partial charge is 0.336 e. The summed E-state index contributed by atoms with van der Waals surface area (Å²) >= 11 is 0. The molecule has 0 radical (unpaired) electrons. The van der Waals surface area contributed by atoms with E-state index in [1.54, 1.807) is 19.2 Å². The molecule has 1 N–H and O–H groups in total. The lowest BCUT2D eigenvalue weighted by Gasteiger charge is -2.58. The average molecular weight is 443 g/mol. The lowest BCUT2D eigenvalue weighted by Crippen LogP contribution is -2.55. The summed E-state index contributed by atoms with van der Waals surface area (Å²) in [5, 5.41) is 11.4. The molecule has 1 aromatic heterocycles. The van der Waals surface area contributed by atoms with Gasteiger partial charge >= 0.3 is 5.63 Å². The molecule has 0 spiro atoms. The summed E-state index contributed by atoms with van der Waals surface area (Å²) in [4.78, 5) is 11.8. The molecule has 6 heteroatoms. The Kier molecular flexibility index (Phi) is 5.78. The lowest BCUT2D eigenvalue weighted by atomic mass is 9.48. The molecule has 1 fully saturated rings. The average Bonchev–Trinajstić information content (AvgIpc) is 2.75. The number of ether oxygens (including phenoxy) is 3. The summed E-state index contributed by atoms with van der Waals surface area (Å²) in [6, 6.07) is 4.85. The van der Waals surface area contributed by atoms with Crippen molar-refractivity contribution in [2.24, 2.45) is 22.7 Å². The van der Waals surface area contributed by atoms with E-state index in [0.717, 1.165) is 19.3 Å². The van der Waals surface area contributed by atoms with Crippen LogP contribution in [0.3, 0.4) is 0 Å². The molecule has 0 amide bonds. The minimum atomic E-state index is -0.448. The van der Waals surface area contributed by atoms with E-state index in [-0.39, 0.29) is 22.9 Å². The van der Waals surface area contributed by atoms with Crippen LogP contribution in [0.1, 0.15) is 47.0 Å². The van der Waals surface area contributed by atoms with Crippen LogP contribution in [0.2, 0.25) is 0 Å². The van der Waals surface area contributed by atoms with Crippen LogP contribution in [0.5, 0.6) is 17.2 Å². The molecule has 0 bridgehead atoms. The Labute approximate surface area is 189 Å². The molecular weight excluding hydrogens is 408 g/mol. The fourth-order valence-electron chi connectivity index (χ4n) is 6.13. The Morgan fingerprint density at radius 3 is 2.59 bits per heavy atom. The standard InChI is InChI=1S/C26H34O6/c1-15-7-9-19-25(2,3)20(27)11-12-26(19,4)17(15)14-31-23-18(29-5)13-16-8-10-21(28)32-22(16)24(23)30-6/h7-8,10,13,17,19-20,27H,9,11-12,14H2,1-6H3/t17-,19+,20-,26-/m0/s1. The van der Waals surface area contributed by atoms with Gasteiger partial charge in [-0.05, 0) is 55.1 Å². The predicted molar refractivity (Wildman–Crippen MR) is 124 cm³/mol. The SMILES string of the molecule is COc1cc2ccc(=O)oc2c(OC)c1OC[C@H]1C(C)=CC[C@@H]2C(C)(C)[C@@H](O)CC[C@]21C. The van der Waals surface area contributed by atoms with Gasteiger partial charge in [-0.2, -0.15) is 0 Å². The van der Waals surface area contributed by atoms with Crippen molar-refractivity contribution in [2.45, 2.75) is 53.1 Å². The number of benzene rings is 1. The van der Waals surface area contributed by atoms with Crippen LogP contribution < -0.4 is 19.8 Å². The summed E-state index contributed by atoms with van der Waals surface area (Å²) in [5.41, 5.74) is 1.05. The van der Waals surface area contributed by atoms with Gasteiger partial charge in [0.05, 0.1) is 26.9 Å². The predicted octanol–water partition coefficient (Wildman–Crippen LogP) is 4.96. The quantitative estimate of drug-likeness (QED) is 0.521. The second-order valence-electron chi connectivity index (χ2n) is 10.1. The molecule has 2 aliphatic carbocycles. The van der Waals surface area contributed by atoms with E-state index in [4.69, 9.17) is 18.6 Å². The molecule has 1 heterocycles. The zero-order valence-corrected chi connectivity index (χ0v) is 19.9. The molecule has 32 heavy (non-hydrogen) atoms. The van der Waals surface area contributed by atoms with Crippen LogP contribution in [-0.4, -0.2) is 32.0 Å². The number of aliphatic hydroxyl groups is 1. The largest absolute Gasteiger partial charge is 0.493 e. The van der Waals surface area contributed by atoms with Gasteiger partial charge in [-0.1, -0.05) is 32.4 Å². The molecule has 0 saturated heterocycles. The molecule has 6 nitrogen and oxygen atoms in total. The van der Waals surface area contributed by atoms with E-state index in [1.807, 2.05) is 0 Å². The van der Waals surface area contributed by atoms with E-state index in [0.29, 0.717) is 40.7 Å². The van der Waals surface area contributed by atoms with Crippen LogP contribution in [0.15, 0.2) is 39.1 Å². The van der Waals surface area contributed by atoms with Crippen molar-refractivity contribution in [1.82, 2.24) is 0 Å². The molecule has 4 rings (SSSR count). The maximum Gasteiger partial charge on any atom is 0.336 e. The summed E-state index contributed by atoms with van der Waals surface area (Å²) in [5.74, 6) is 1.86. The number of rotatable bonds is 5. The molecule has 4 atom stereocenters. The molecule has 2 aromatic rings. The Morgan fingerprint density at radius 2 is 1.91 bits per heavy atom. The number of aliphatic hydroxyl groups excluding tert-OH is 1. The van der Waals surface area contributed by atoms with Crippen LogP contribution in [0.25, 0.3) is 11.0 Å². The topological polar surface area (TPSA) is 78.1 Å². The Morgan fingerprint density at radius 1 is 1.16 bits per heavy atom. The fourth-order valence-corrected chi connectivity index (χ4v) is 6.13. The lowest BCUT2D eigenvalue weighted by molar-refractivity contribution is -0.119. The Bertz CT molecular complexity index is 1100. The molecule has 0 unspecified atom stereocenters. The fraction of sp³-hybridized carbons (Fsp3) is 0.577. The first-order valence-corrected chi connectivity index (χ1v) is 11.3. The number of methoxy groups -OCH3 is 2. The summed E-state index contributed by atoms with van der Waals surface area (Å²) in [6.07, 6.45) is 4.71. The molecule has 2 aliphatic rings. The monoisotopic (exact) mass is 442 g/mol. The highest BCUT2D eigenvalue weighted by atomic mass is 16.5. The van der Waals surface area contributed by atoms with Gasteiger partial charge in [0.2, 0.25) is 11.5 Å². The molecule has 1 saturated carbocycles. The van der Waals surface area contributed by atoms with Crippen molar-refractivity contribution in [3.05, 3.63) is 40.3 Å². The normalized spacial score (nSPS) is 29.2. The zero-order valence-electron chi connectivity index (χ0n) is 19.9. The van der Waals surface area contributed by atoms with Gasteiger partial charge in [-0.3, -0.25) is 0 Å². The molecule has 174 valence electrons. The van der Waals surface area contributed by atoms with Crippen LogP contribution in [-0.2, 0) is 0 Å². The summed E-state index contributed by atoms with van der Waals surface area (Å²) in [7, 11) is 3.11. The third-order valence-electron chi connectivity index (χ3n) is 8.14. The Balaban J connectivity index is 1.72. The van der Waals surface area contributed by atoms with Crippen molar-refractivity contribution in [3.8, 4) is 17.2 Å². The molecular formula is C26H34O6. The summed E-state index contributed by atoms with van der Waals surface area (Å²) in [6.45, 7) is 9.31. The van der Waals surface area contributed by atoms with E-state index in [1.165, 1.54) is 18.7 Å². The van der Waals surface area contributed by atoms with E-state index >= 15 is 0 Å². The third kappa shape index (κ3) is 3.49. The van der Waals surface area contributed by atoms with Crippen molar-refractivity contribution in [1.29, 1.82) is 0 Å². The van der Waals surface area contributed by atoms with Crippen molar-refractivity contribution >= 4 is 11.0 Å². The second kappa shape index (κ2) is 8.14. The van der Waals surface area contributed by atoms with E-state index in [9.17, 15) is 9.90 Å². The van der Waals surface area contributed by atoms with Gasteiger partial charge in [0, 0.05) is 17.4 Å². The first-order chi connectivity index (χ1) is 15.1. The molecule has 1 aromatic carbocycles. The highest BCUT2D eigenvalue weighted by Crippen LogP contribution is 2.59. The van der Waals surface area contributed by atoms with E-state index in [2.05, 4.69) is 33.8 Å². The van der Waals surface area contributed by atoms with Crippen LogP contribution >= 0.6 is 0 Å². The maximum atomic E-state index is 11.8. The second-order valence-corrected chi connectivity index (χ2v) is 10.1. The van der Waals surface area contributed by atoms with Gasteiger partial charge in [0.25, 0.3) is 0 Å². The highest BCUT2D eigenvalue weighted by Gasteiger charge is 2.55. The first kappa shape index (κ1) is 22.7. The number of allylic oxidation sites excluding steroid dienone is 1. The van der Waals surface area contributed by atoms with Crippen LogP contribution in [0, 0.1) is 22.7 Å². The highest BCUT2D eigenvalue weighted by molar-refractivity contribution is 5.88. The van der Waals surface area contributed by atoms with Crippen molar-refractivity contribution in [2.75, 3.05) is 20.8 Å². The van der Waals surface area contributed by atoms with Crippen molar-refractivity contribution in [3.63, 3.8) is 0 Å². The summed E-state index contributed by atoms with van der Waals surface area (Å²) < 4.78 is 23.0. The van der Waals surface area contributed by atoms with Gasteiger partial charge in [-0.15, -0.1) is 0 Å². The first-order valence-electron chi connectivity index (χ1n) is 11.3. The Hall–Kier alpha value is -2.47. The maximum absolute atomic E-state index is 11.8. The van der Waals surface area contributed by atoms with Crippen molar-refractivity contribution < 1.29 is 23.7 Å². The van der Waals surface area contributed by atoms with Gasteiger partial charge < -0.3 is 23.7 Å². The minimum Gasteiger partial charge on any atom is -0.493 e. The zero-order chi connectivity index (χ0) is 23.3. The van der Waals surface area contributed by atoms with Gasteiger partial charge in [0.1, 0.15) is 0 Å².